The van der Waals surface area contributed by atoms with Crippen molar-refractivity contribution in [3.8, 4) is 5.75 Å². The fourth-order valence-electron chi connectivity index (χ4n) is 3.90. The number of ether oxygens (including phenoxy) is 1. The summed E-state index contributed by atoms with van der Waals surface area (Å²) < 4.78 is 6.11. The smallest absolute Gasteiger partial charge is 0.335 e. The van der Waals surface area contributed by atoms with E-state index in [2.05, 4.69) is 32.9 Å². The van der Waals surface area contributed by atoms with Gasteiger partial charge in [0, 0.05) is 11.1 Å². The highest BCUT2D eigenvalue weighted by atomic mass is 16.5. The lowest BCUT2D eigenvalue weighted by atomic mass is 9.73. The van der Waals surface area contributed by atoms with Gasteiger partial charge in [-0.2, -0.15) is 0 Å². The first-order chi connectivity index (χ1) is 13.1. The molecule has 0 saturated heterocycles. The van der Waals surface area contributed by atoms with Crippen LogP contribution in [0.1, 0.15) is 61.2 Å². The summed E-state index contributed by atoms with van der Waals surface area (Å²) in [7, 11) is 0. The summed E-state index contributed by atoms with van der Waals surface area (Å²) in [4.78, 5) is 10.9. The molecule has 0 saturated carbocycles. The minimum absolute atomic E-state index is 0.0654. The molecule has 0 unspecified atom stereocenters. The third-order valence-corrected chi connectivity index (χ3v) is 4.96. The molecule has 2 aromatic carbocycles. The fraction of sp³-hybridized carbons (Fsp3) is 0.304. The summed E-state index contributed by atoms with van der Waals surface area (Å²) in [6.45, 7) is 8.56. The lowest BCUT2D eigenvalue weighted by molar-refractivity contribution is 0.0534. The Morgan fingerprint density at radius 1 is 1.07 bits per heavy atom. The van der Waals surface area contributed by atoms with Gasteiger partial charge >= 0.3 is 5.97 Å². The van der Waals surface area contributed by atoms with Gasteiger partial charge in [0.25, 0.3) is 0 Å². The number of allylic oxidation sites excluding steroid dienone is 1. The average molecular weight is 379 g/mol. The van der Waals surface area contributed by atoms with Crippen molar-refractivity contribution in [1.82, 2.24) is 0 Å². The molecule has 146 valence electrons. The first kappa shape index (κ1) is 19.7. The highest BCUT2D eigenvalue weighted by molar-refractivity contribution is 6.10. The fourth-order valence-corrected chi connectivity index (χ4v) is 3.90. The summed E-state index contributed by atoms with van der Waals surface area (Å²) in [6.07, 6.45) is 4.37. The zero-order valence-electron chi connectivity index (χ0n) is 16.6. The lowest BCUT2D eigenvalue weighted by Crippen LogP contribution is -2.41. The maximum absolute atomic E-state index is 10.9. The molecule has 5 nitrogen and oxygen atoms in total. The molecule has 0 spiro atoms. The molecule has 5 heteroatoms. The number of oxime groups is 1. The van der Waals surface area contributed by atoms with E-state index in [-0.39, 0.29) is 16.6 Å². The van der Waals surface area contributed by atoms with Crippen LogP contribution in [0.4, 0.5) is 0 Å². The van der Waals surface area contributed by atoms with E-state index in [1.807, 2.05) is 18.2 Å². The molecule has 0 amide bonds. The maximum Gasteiger partial charge on any atom is 0.335 e. The SMILES string of the molecule is CC1(C)CC(C)(C)c2cc(C(/C=C/c3ccc(C(=O)O)cc3)=NO)ccc2O1. The van der Waals surface area contributed by atoms with Crippen molar-refractivity contribution in [2.45, 2.75) is 45.1 Å². The molecule has 0 bridgehead atoms. The number of rotatable bonds is 4. The van der Waals surface area contributed by atoms with Crippen molar-refractivity contribution in [3.63, 3.8) is 0 Å². The van der Waals surface area contributed by atoms with Crippen LogP contribution in [0.3, 0.4) is 0 Å². The standard InChI is InChI=1S/C23H25NO4/c1-22(2)14-23(3,4)28-20-12-10-17(13-18(20)22)19(24-27)11-7-15-5-8-16(9-6-15)21(25)26/h5-13,27H,14H2,1-4H3,(H,25,26)/b11-7+,24-19?. The van der Waals surface area contributed by atoms with E-state index in [9.17, 15) is 10.0 Å². The normalized spacial score (nSPS) is 17.8. The van der Waals surface area contributed by atoms with Crippen molar-refractivity contribution in [2.75, 3.05) is 0 Å². The van der Waals surface area contributed by atoms with E-state index in [1.54, 1.807) is 24.3 Å². The summed E-state index contributed by atoms with van der Waals surface area (Å²) in [6, 6.07) is 12.3. The molecule has 1 aliphatic rings. The largest absolute Gasteiger partial charge is 0.488 e. The van der Waals surface area contributed by atoms with Crippen LogP contribution < -0.4 is 4.74 Å². The molecular weight excluding hydrogens is 354 g/mol. The van der Waals surface area contributed by atoms with Gasteiger partial charge in [-0.15, -0.1) is 0 Å². The Labute approximate surface area is 165 Å². The number of carbonyl (C=O) groups is 1. The molecule has 2 aromatic rings. The Bertz CT molecular complexity index is 953. The van der Waals surface area contributed by atoms with E-state index >= 15 is 0 Å². The van der Waals surface area contributed by atoms with Crippen LogP contribution in [0.15, 0.2) is 53.7 Å². The quantitative estimate of drug-likeness (QED) is 0.439. The minimum Gasteiger partial charge on any atom is -0.488 e. The van der Waals surface area contributed by atoms with E-state index in [0.29, 0.717) is 5.71 Å². The number of carboxylic acid groups (broad SMARTS) is 1. The number of carboxylic acids is 1. The van der Waals surface area contributed by atoms with Crippen molar-refractivity contribution in [2.24, 2.45) is 5.16 Å². The van der Waals surface area contributed by atoms with Crippen LogP contribution in [0, 0.1) is 0 Å². The van der Waals surface area contributed by atoms with Crippen LogP contribution in [-0.4, -0.2) is 27.6 Å². The lowest BCUT2D eigenvalue weighted by Gasteiger charge is -2.42. The van der Waals surface area contributed by atoms with Crippen LogP contribution in [0.2, 0.25) is 0 Å². The molecule has 28 heavy (non-hydrogen) atoms. The van der Waals surface area contributed by atoms with Gasteiger partial charge in [0.15, 0.2) is 0 Å². The van der Waals surface area contributed by atoms with Crippen molar-refractivity contribution in [3.05, 3.63) is 70.8 Å². The van der Waals surface area contributed by atoms with E-state index in [0.717, 1.165) is 28.9 Å². The zero-order chi connectivity index (χ0) is 20.5. The number of aromatic carboxylic acids is 1. The molecule has 3 rings (SSSR count). The van der Waals surface area contributed by atoms with Gasteiger partial charge in [-0.1, -0.05) is 37.2 Å². The average Bonchev–Trinajstić information content (AvgIpc) is 2.61. The molecule has 2 N–H and O–H groups in total. The third kappa shape index (κ3) is 4.09. The van der Waals surface area contributed by atoms with Gasteiger partial charge in [-0.3, -0.25) is 0 Å². The second kappa shape index (κ2) is 7.15. The van der Waals surface area contributed by atoms with E-state index in [4.69, 9.17) is 9.84 Å². The van der Waals surface area contributed by atoms with Crippen LogP contribution in [0.25, 0.3) is 6.08 Å². The second-order valence-corrected chi connectivity index (χ2v) is 8.38. The first-order valence-electron chi connectivity index (χ1n) is 9.19. The third-order valence-electron chi connectivity index (χ3n) is 4.96. The zero-order valence-corrected chi connectivity index (χ0v) is 16.6. The van der Waals surface area contributed by atoms with Gasteiger partial charge in [0.1, 0.15) is 17.1 Å². The molecule has 0 atom stereocenters. The topological polar surface area (TPSA) is 79.1 Å². The molecule has 1 aliphatic heterocycles. The summed E-state index contributed by atoms with van der Waals surface area (Å²) in [5.41, 5.74) is 3.05. The number of benzene rings is 2. The van der Waals surface area contributed by atoms with Crippen LogP contribution in [0.5, 0.6) is 5.75 Å². The van der Waals surface area contributed by atoms with Gasteiger partial charge in [0.2, 0.25) is 0 Å². The number of hydrogen-bond acceptors (Lipinski definition) is 4. The number of hydrogen-bond donors (Lipinski definition) is 2. The minimum atomic E-state index is -0.963. The summed E-state index contributed by atoms with van der Waals surface area (Å²) in [5.74, 6) is -0.106. The van der Waals surface area contributed by atoms with Gasteiger partial charge in [0.05, 0.1) is 5.56 Å². The predicted octanol–water partition coefficient (Wildman–Crippen LogP) is 5.12. The first-order valence-corrected chi connectivity index (χ1v) is 9.19. The Balaban J connectivity index is 1.89. The van der Waals surface area contributed by atoms with Crippen molar-refractivity contribution < 1.29 is 19.8 Å². The highest BCUT2D eigenvalue weighted by Gasteiger charge is 2.39. The molecule has 0 fully saturated rings. The Kier molecular flexibility index (Phi) is 5.02. The summed E-state index contributed by atoms with van der Waals surface area (Å²) in [5, 5.41) is 21.9. The Morgan fingerprint density at radius 3 is 2.32 bits per heavy atom. The predicted molar refractivity (Wildman–Crippen MR) is 110 cm³/mol. The van der Waals surface area contributed by atoms with E-state index in [1.165, 1.54) is 12.1 Å². The Morgan fingerprint density at radius 2 is 1.71 bits per heavy atom. The number of nitrogens with zero attached hydrogens (tertiary/aromatic N) is 1. The van der Waals surface area contributed by atoms with Crippen LogP contribution >= 0.6 is 0 Å². The van der Waals surface area contributed by atoms with Crippen molar-refractivity contribution in [1.29, 1.82) is 0 Å². The van der Waals surface area contributed by atoms with Gasteiger partial charge in [-0.25, -0.2) is 4.79 Å². The van der Waals surface area contributed by atoms with Crippen LogP contribution in [-0.2, 0) is 5.41 Å². The van der Waals surface area contributed by atoms with E-state index < -0.39 is 5.97 Å². The highest BCUT2D eigenvalue weighted by Crippen LogP contribution is 2.44. The molecule has 0 aliphatic carbocycles. The van der Waals surface area contributed by atoms with Gasteiger partial charge in [-0.05, 0) is 67.7 Å². The Hall–Kier alpha value is -3.08. The molecule has 0 radical (unpaired) electrons. The van der Waals surface area contributed by atoms with Gasteiger partial charge < -0.3 is 15.1 Å². The summed E-state index contributed by atoms with van der Waals surface area (Å²) >= 11 is 0. The van der Waals surface area contributed by atoms with Crippen molar-refractivity contribution >= 4 is 17.8 Å². The maximum atomic E-state index is 10.9. The monoisotopic (exact) mass is 379 g/mol. The molecule has 0 aromatic heterocycles. The molecular formula is C23H25NO4. The second-order valence-electron chi connectivity index (χ2n) is 8.38. The molecule has 1 heterocycles. The number of fused-ring (bicyclic) bond motifs is 1.